The molecule has 0 aromatic rings. The lowest BCUT2D eigenvalue weighted by Gasteiger charge is -2.21. The van der Waals surface area contributed by atoms with Gasteiger partial charge in [-0.25, -0.2) is 0 Å². The highest BCUT2D eigenvalue weighted by Gasteiger charge is 2.29. The van der Waals surface area contributed by atoms with Crippen molar-refractivity contribution in [1.82, 2.24) is 4.90 Å². The van der Waals surface area contributed by atoms with E-state index in [4.69, 9.17) is 5.11 Å². The van der Waals surface area contributed by atoms with Crippen molar-refractivity contribution in [2.75, 3.05) is 26.0 Å². The first-order valence-corrected chi connectivity index (χ1v) is 6.44. The first-order chi connectivity index (χ1) is 6.72. The molecule has 0 aliphatic carbocycles. The molecule has 2 atom stereocenters. The molecule has 1 aliphatic rings. The van der Waals surface area contributed by atoms with Gasteiger partial charge >= 0.3 is 0 Å². The number of carbonyl (C=O) groups is 1. The van der Waals surface area contributed by atoms with E-state index in [1.165, 1.54) is 0 Å². The van der Waals surface area contributed by atoms with Crippen LogP contribution in [0.4, 0.5) is 0 Å². The second kappa shape index (κ2) is 5.61. The average Bonchev–Trinajstić information content (AvgIpc) is 2.67. The molecule has 1 amide bonds. The molecule has 1 heterocycles. The fraction of sp³-hybridized carbons (Fsp3) is 0.900. The van der Waals surface area contributed by atoms with Crippen LogP contribution in [0.15, 0.2) is 0 Å². The maximum absolute atomic E-state index is 11.9. The quantitative estimate of drug-likeness (QED) is 0.763. The van der Waals surface area contributed by atoms with Crippen LogP contribution in [0.3, 0.4) is 0 Å². The van der Waals surface area contributed by atoms with E-state index in [1.807, 2.05) is 18.1 Å². The zero-order chi connectivity index (χ0) is 10.6. The summed E-state index contributed by atoms with van der Waals surface area (Å²) in [6.45, 7) is 3.81. The molecule has 0 aromatic carbocycles. The lowest BCUT2D eigenvalue weighted by Crippen LogP contribution is -2.36. The summed E-state index contributed by atoms with van der Waals surface area (Å²) in [5.74, 6) is 0.550. The predicted molar refractivity (Wildman–Crippen MR) is 59.4 cm³/mol. The normalized spacial score (nSPS) is 23.9. The highest BCUT2D eigenvalue weighted by atomic mass is 32.2. The molecule has 3 nitrogen and oxygen atoms in total. The smallest absolute Gasteiger partial charge is 0.235 e. The second-order valence-electron chi connectivity index (χ2n) is 3.75. The van der Waals surface area contributed by atoms with Crippen molar-refractivity contribution in [1.29, 1.82) is 0 Å². The maximum Gasteiger partial charge on any atom is 0.235 e. The maximum atomic E-state index is 11.9. The van der Waals surface area contributed by atoms with E-state index in [2.05, 4.69) is 0 Å². The Balaban J connectivity index is 2.45. The Hall–Kier alpha value is -0.220. The lowest BCUT2D eigenvalue weighted by molar-refractivity contribution is -0.129. The number of aliphatic hydroxyl groups excluding tert-OH is 1. The van der Waals surface area contributed by atoms with Gasteiger partial charge in [0.1, 0.15) is 0 Å². The fourth-order valence-electron chi connectivity index (χ4n) is 1.83. The van der Waals surface area contributed by atoms with Crippen molar-refractivity contribution in [2.24, 2.45) is 5.92 Å². The summed E-state index contributed by atoms with van der Waals surface area (Å²) in [5, 5.41) is 9.08. The Morgan fingerprint density at radius 1 is 1.71 bits per heavy atom. The summed E-state index contributed by atoms with van der Waals surface area (Å²) in [4.78, 5) is 13.8. The summed E-state index contributed by atoms with van der Waals surface area (Å²) < 4.78 is 0. The zero-order valence-electron chi connectivity index (χ0n) is 8.90. The van der Waals surface area contributed by atoms with E-state index >= 15 is 0 Å². The SMILES string of the molecule is CC[C@H](SC)C(=O)N1CC[C@H](CO)C1. The number of hydrogen-bond donors (Lipinski definition) is 1. The molecule has 82 valence electrons. The van der Waals surface area contributed by atoms with E-state index in [0.717, 1.165) is 25.9 Å². The second-order valence-corrected chi connectivity index (χ2v) is 4.79. The van der Waals surface area contributed by atoms with E-state index < -0.39 is 0 Å². The number of thioether (sulfide) groups is 1. The van der Waals surface area contributed by atoms with Crippen molar-refractivity contribution in [2.45, 2.75) is 25.0 Å². The third-order valence-corrected chi connectivity index (χ3v) is 3.89. The van der Waals surface area contributed by atoms with Crippen molar-refractivity contribution in [3.05, 3.63) is 0 Å². The summed E-state index contributed by atoms with van der Waals surface area (Å²) >= 11 is 1.62. The minimum absolute atomic E-state index is 0.104. The summed E-state index contributed by atoms with van der Waals surface area (Å²) in [7, 11) is 0. The van der Waals surface area contributed by atoms with Crippen molar-refractivity contribution < 1.29 is 9.90 Å². The molecule has 0 spiro atoms. The van der Waals surface area contributed by atoms with Crippen LogP contribution in [0, 0.1) is 5.92 Å². The molecule has 0 radical (unpaired) electrons. The number of hydrogen-bond acceptors (Lipinski definition) is 3. The Morgan fingerprint density at radius 2 is 2.43 bits per heavy atom. The van der Waals surface area contributed by atoms with Crippen LogP contribution in [0.5, 0.6) is 0 Å². The largest absolute Gasteiger partial charge is 0.396 e. The molecule has 0 bridgehead atoms. The first-order valence-electron chi connectivity index (χ1n) is 5.15. The van der Waals surface area contributed by atoms with Crippen molar-refractivity contribution in [3.63, 3.8) is 0 Å². The summed E-state index contributed by atoms with van der Waals surface area (Å²) in [6, 6.07) is 0. The summed E-state index contributed by atoms with van der Waals surface area (Å²) in [5.41, 5.74) is 0. The average molecular weight is 217 g/mol. The number of amides is 1. The first kappa shape index (κ1) is 11.9. The van der Waals surface area contributed by atoms with Crippen molar-refractivity contribution in [3.8, 4) is 0 Å². The molecule has 1 N–H and O–H groups in total. The van der Waals surface area contributed by atoms with Crippen LogP contribution < -0.4 is 0 Å². The van der Waals surface area contributed by atoms with E-state index in [9.17, 15) is 4.79 Å². The van der Waals surface area contributed by atoms with E-state index in [0.29, 0.717) is 5.92 Å². The number of rotatable bonds is 4. The molecule has 0 unspecified atom stereocenters. The zero-order valence-corrected chi connectivity index (χ0v) is 9.72. The lowest BCUT2D eigenvalue weighted by atomic mass is 10.1. The van der Waals surface area contributed by atoms with Crippen LogP contribution in [0.2, 0.25) is 0 Å². The third kappa shape index (κ3) is 2.64. The highest BCUT2D eigenvalue weighted by molar-refractivity contribution is 7.99. The van der Waals surface area contributed by atoms with Crippen LogP contribution in [0.25, 0.3) is 0 Å². The predicted octanol–water partition coefficient (Wildman–Crippen LogP) is 0.969. The van der Waals surface area contributed by atoms with Gasteiger partial charge in [-0.2, -0.15) is 11.8 Å². The molecule has 1 aliphatic heterocycles. The van der Waals surface area contributed by atoms with Crippen LogP contribution in [-0.2, 0) is 4.79 Å². The number of carbonyl (C=O) groups excluding carboxylic acids is 1. The number of nitrogens with zero attached hydrogens (tertiary/aromatic N) is 1. The molecule has 1 rings (SSSR count). The highest BCUT2D eigenvalue weighted by Crippen LogP contribution is 2.20. The van der Waals surface area contributed by atoms with Crippen LogP contribution in [-0.4, -0.2) is 47.1 Å². The molecule has 0 saturated carbocycles. The summed E-state index contributed by atoms with van der Waals surface area (Å²) in [6.07, 6.45) is 3.82. The van der Waals surface area contributed by atoms with Crippen LogP contribution in [0.1, 0.15) is 19.8 Å². The molecule has 14 heavy (non-hydrogen) atoms. The van der Waals surface area contributed by atoms with Gasteiger partial charge in [0.05, 0.1) is 5.25 Å². The standard InChI is InChI=1S/C10H19NO2S/c1-3-9(14-2)10(13)11-5-4-8(6-11)7-12/h8-9,12H,3-7H2,1-2H3/t8-,9-/m0/s1. The molecule has 1 fully saturated rings. The Morgan fingerprint density at radius 3 is 2.86 bits per heavy atom. The van der Waals surface area contributed by atoms with E-state index in [1.54, 1.807) is 11.8 Å². The molecule has 0 aromatic heterocycles. The van der Waals surface area contributed by atoms with Gasteiger partial charge in [-0.05, 0) is 19.1 Å². The number of likely N-dealkylation sites (tertiary alicyclic amines) is 1. The Labute approximate surface area is 89.9 Å². The fourth-order valence-corrected chi connectivity index (χ4v) is 2.51. The van der Waals surface area contributed by atoms with Gasteiger partial charge in [-0.15, -0.1) is 0 Å². The topological polar surface area (TPSA) is 40.5 Å². The van der Waals surface area contributed by atoms with Gasteiger partial charge < -0.3 is 10.0 Å². The van der Waals surface area contributed by atoms with Gasteiger partial charge in [0, 0.05) is 25.6 Å². The van der Waals surface area contributed by atoms with Gasteiger partial charge in [0.25, 0.3) is 0 Å². The minimum atomic E-state index is 0.104. The molecular weight excluding hydrogens is 198 g/mol. The van der Waals surface area contributed by atoms with Crippen molar-refractivity contribution >= 4 is 17.7 Å². The van der Waals surface area contributed by atoms with Gasteiger partial charge in [-0.1, -0.05) is 6.92 Å². The van der Waals surface area contributed by atoms with Gasteiger partial charge in [0.15, 0.2) is 0 Å². The molecular formula is C10H19NO2S. The van der Waals surface area contributed by atoms with E-state index in [-0.39, 0.29) is 17.8 Å². The minimum Gasteiger partial charge on any atom is -0.396 e. The third-order valence-electron chi connectivity index (χ3n) is 2.79. The monoisotopic (exact) mass is 217 g/mol. The van der Waals surface area contributed by atoms with Gasteiger partial charge in [-0.3, -0.25) is 4.79 Å². The molecule has 1 saturated heterocycles. The van der Waals surface area contributed by atoms with Crippen LogP contribution >= 0.6 is 11.8 Å². The Kier molecular flexibility index (Phi) is 4.75. The molecule has 4 heteroatoms. The Bertz CT molecular complexity index is 195. The number of aliphatic hydroxyl groups is 1. The van der Waals surface area contributed by atoms with Gasteiger partial charge in [0.2, 0.25) is 5.91 Å².